The predicted molar refractivity (Wildman–Crippen MR) is 58.5 cm³/mol. The molecule has 0 N–H and O–H groups in total. The number of halogens is 4. The van der Waals surface area contributed by atoms with Gasteiger partial charge in [-0.25, -0.2) is 4.39 Å². The van der Waals surface area contributed by atoms with Gasteiger partial charge in [0.2, 0.25) is 0 Å². The highest BCUT2D eigenvalue weighted by Crippen LogP contribution is 2.26. The summed E-state index contributed by atoms with van der Waals surface area (Å²) in [5, 5.41) is 0. The average Bonchev–Trinajstić information content (AvgIpc) is 2.28. The van der Waals surface area contributed by atoms with Crippen LogP contribution in [-0.4, -0.2) is 6.36 Å². The van der Waals surface area contributed by atoms with Gasteiger partial charge in [-0.1, -0.05) is 24.3 Å². The molecule has 0 saturated heterocycles. The molecule has 0 radical (unpaired) electrons. The molecule has 0 atom stereocenters. The van der Waals surface area contributed by atoms with Crippen molar-refractivity contribution < 1.29 is 22.3 Å². The number of benzene rings is 2. The molecule has 0 aliphatic rings. The first-order valence-electron chi connectivity index (χ1n) is 5.06. The topological polar surface area (TPSA) is 9.23 Å². The zero-order valence-corrected chi connectivity index (χ0v) is 9.04. The van der Waals surface area contributed by atoms with Crippen molar-refractivity contribution in [3.05, 3.63) is 54.3 Å². The molecule has 0 fully saturated rings. The number of rotatable bonds is 2. The second-order valence-corrected chi connectivity index (χ2v) is 3.58. The molecule has 18 heavy (non-hydrogen) atoms. The molecule has 2 aromatic rings. The van der Waals surface area contributed by atoms with Crippen LogP contribution >= 0.6 is 0 Å². The Kier molecular flexibility index (Phi) is 3.23. The van der Waals surface area contributed by atoms with Crippen LogP contribution in [0, 0.1) is 5.82 Å². The van der Waals surface area contributed by atoms with Gasteiger partial charge in [0.25, 0.3) is 0 Å². The number of hydrogen-bond acceptors (Lipinski definition) is 1. The Bertz CT molecular complexity index is 531. The molecule has 0 saturated carbocycles. The molecule has 5 heteroatoms. The van der Waals surface area contributed by atoms with E-state index in [1.807, 2.05) is 0 Å². The highest BCUT2D eigenvalue weighted by Gasteiger charge is 2.30. The van der Waals surface area contributed by atoms with Crippen LogP contribution in [0.15, 0.2) is 48.5 Å². The van der Waals surface area contributed by atoms with E-state index in [-0.39, 0.29) is 5.75 Å². The summed E-state index contributed by atoms with van der Waals surface area (Å²) in [6.07, 6.45) is -4.71. The van der Waals surface area contributed by atoms with Crippen LogP contribution in [0.5, 0.6) is 5.75 Å². The first-order valence-corrected chi connectivity index (χ1v) is 5.06. The van der Waals surface area contributed by atoms with Gasteiger partial charge in [0, 0.05) is 0 Å². The second kappa shape index (κ2) is 4.68. The fraction of sp³-hybridized carbons (Fsp3) is 0.0769. The van der Waals surface area contributed by atoms with Crippen molar-refractivity contribution in [2.24, 2.45) is 0 Å². The van der Waals surface area contributed by atoms with Crippen LogP contribution in [-0.2, 0) is 0 Å². The van der Waals surface area contributed by atoms with Crippen LogP contribution in [0.1, 0.15) is 0 Å². The lowest BCUT2D eigenvalue weighted by molar-refractivity contribution is -0.274. The molecule has 2 aromatic carbocycles. The van der Waals surface area contributed by atoms with Gasteiger partial charge in [-0.05, 0) is 35.4 Å². The van der Waals surface area contributed by atoms with Crippen molar-refractivity contribution in [3.63, 3.8) is 0 Å². The zero-order valence-electron chi connectivity index (χ0n) is 9.04. The second-order valence-electron chi connectivity index (χ2n) is 3.58. The fourth-order valence-corrected chi connectivity index (χ4v) is 1.52. The van der Waals surface area contributed by atoms with Crippen LogP contribution in [0.3, 0.4) is 0 Å². The van der Waals surface area contributed by atoms with Crippen molar-refractivity contribution >= 4 is 0 Å². The number of ether oxygens (including phenoxy) is 1. The van der Waals surface area contributed by atoms with Gasteiger partial charge in [-0.2, -0.15) is 0 Å². The van der Waals surface area contributed by atoms with Crippen molar-refractivity contribution in [3.8, 4) is 16.9 Å². The summed E-state index contributed by atoms with van der Waals surface area (Å²) in [5.74, 6) is -0.703. The van der Waals surface area contributed by atoms with E-state index in [4.69, 9.17) is 0 Å². The summed E-state index contributed by atoms with van der Waals surface area (Å²) in [4.78, 5) is 0. The monoisotopic (exact) mass is 256 g/mol. The van der Waals surface area contributed by atoms with Crippen LogP contribution < -0.4 is 4.74 Å². The molecule has 0 amide bonds. The SMILES string of the molecule is Fc1cccc(-c2ccc(OC(F)(F)F)cc2)c1. The Morgan fingerprint density at radius 3 is 2.06 bits per heavy atom. The summed E-state index contributed by atoms with van der Waals surface area (Å²) in [6.45, 7) is 0. The molecule has 0 spiro atoms. The van der Waals surface area contributed by atoms with Crippen molar-refractivity contribution in [2.75, 3.05) is 0 Å². The van der Waals surface area contributed by atoms with Gasteiger partial charge in [0.1, 0.15) is 11.6 Å². The van der Waals surface area contributed by atoms with Gasteiger partial charge < -0.3 is 4.74 Å². The van der Waals surface area contributed by atoms with Crippen LogP contribution in [0.2, 0.25) is 0 Å². The number of hydrogen-bond donors (Lipinski definition) is 0. The molecule has 0 aromatic heterocycles. The van der Waals surface area contributed by atoms with Gasteiger partial charge >= 0.3 is 6.36 Å². The average molecular weight is 256 g/mol. The standard InChI is InChI=1S/C13H8F4O/c14-11-3-1-2-10(8-11)9-4-6-12(7-5-9)18-13(15,16)17/h1-8H. The summed E-state index contributed by atoms with van der Waals surface area (Å²) in [6, 6.07) is 11.1. The lowest BCUT2D eigenvalue weighted by atomic mass is 10.1. The van der Waals surface area contributed by atoms with E-state index in [9.17, 15) is 17.6 Å². The van der Waals surface area contributed by atoms with E-state index in [1.54, 1.807) is 6.07 Å². The van der Waals surface area contributed by atoms with E-state index in [0.29, 0.717) is 11.1 Å². The zero-order chi connectivity index (χ0) is 13.2. The quantitative estimate of drug-likeness (QED) is 0.724. The molecular formula is C13H8F4O. The van der Waals surface area contributed by atoms with Crippen molar-refractivity contribution in [1.29, 1.82) is 0 Å². The van der Waals surface area contributed by atoms with Gasteiger partial charge in [-0.3, -0.25) is 0 Å². The smallest absolute Gasteiger partial charge is 0.406 e. The molecule has 0 heterocycles. The summed E-state index contributed by atoms with van der Waals surface area (Å²) in [7, 11) is 0. The first-order chi connectivity index (χ1) is 8.44. The van der Waals surface area contributed by atoms with Crippen LogP contribution in [0.25, 0.3) is 11.1 Å². The maximum atomic E-state index is 13.0. The molecule has 0 unspecified atom stereocenters. The Morgan fingerprint density at radius 1 is 0.833 bits per heavy atom. The molecule has 94 valence electrons. The molecule has 0 aliphatic carbocycles. The molecule has 0 aliphatic heterocycles. The molecule has 2 rings (SSSR count). The minimum absolute atomic E-state index is 0.303. The molecule has 1 nitrogen and oxygen atoms in total. The summed E-state index contributed by atoms with van der Waals surface area (Å²) < 4.78 is 52.6. The van der Waals surface area contributed by atoms with E-state index >= 15 is 0 Å². The highest BCUT2D eigenvalue weighted by molar-refractivity contribution is 5.64. The molecule has 0 bridgehead atoms. The lowest BCUT2D eigenvalue weighted by Crippen LogP contribution is -2.16. The minimum atomic E-state index is -4.71. The molecular weight excluding hydrogens is 248 g/mol. The normalized spacial score (nSPS) is 11.3. The maximum absolute atomic E-state index is 13.0. The van der Waals surface area contributed by atoms with Gasteiger partial charge in [-0.15, -0.1) is 13.2 Å². The van der Waals surface area contributed by atoms with Gasteiger partial charge in [0.15, 0.2) is 0 Å². The Morgan fingerprint density at radius 2 is 1.50 bits per heavy atom. The Balaban J connectivity index is 2.22. The first kappa shape index (κ1) is 12.4. The van der Waals surface area contributed by atoms with E-state index in [0.717, 1.165) is 0 Å². The Hall–Kier alpha value is -2.04. The van der Waals surface area contributed by atoms with Crippen molar-refractivity contribution in [1.82, 2.24) is 0 Å². The van der Waals surface area contributed by atoms with E-state index in [1.165, 1.54) is 42.5 Å². The largest absolute Gasteiger partial charge is 0.573 e. The summed E-state index contributed by atoms with van der Waals surface area (Å²) in [5.41, 5.74) is 1.21. The highest BCUT2D eigenvalue weighted by atomic mass is 19.4. The van der Waals surface area contributed by atoms with Crippen molar-refractivity contribution in [2.45, 2.75) is 6.36 Å². The summed E-state index contributed by atoms with van der Waals surface area (Å²) >= 11 is 0. The maximum Gasteiger partial charge on any atom is 0.573 e. The Labute approximate surface area is 101 Å². The third kappa shape index (κ3) is 3.23. The third-order valence-corrected chi connectivity index (χ3v) is 2.25. The predicted octanol–water partition coefficient (Wildman–Crippen LogP) is 4.39. The fourth-order valence-electron chi connectivity index (χ4n) is 1.52. The lowest BCUT2D eigenvalue weighted by Gasteiger charge is -2.09. The minimum Gasteiger partial charge on any atom is -0.406 e. The van der Waals surface area contributed by atoms with E-state index < -0.39 is 12.2 Å². The van der Waals surface area contributed by atoms with E-state index in [2.05, 4.69) is 4.74 Å². The number of alkyl halides is 3. The van der Waals surface area contributed by atoms with Gasteiger partial charge in [0.05, 0.1) is 0 Å². The third-order valence-electron chi connectivity index (χ3n) is 2.25. The van der Waals surface area contributed by atoms with Crippen LogP contribution in [0.4, 0.5) is 17.6 Å².